The average molecular weight is 402 g/mol. The molecule has 3 heterocycles. The number of nitrogen functional groups attached to an aromatic ring is 1. The van der Waals surface area contributed by atoms with Crippen LogP contribution < -0.4 is 16.4 Å². The van der Waals surface area contributed by atoms with E-state index < -0.39 is 5.91 Å². The molecule has 0 aromatic carbocycles. The Kier molecular flexibility index (Phi) is 6.10. The fraction of sp³-hybridized carbons (Fsp3) is 0.263. The SMILES string of the molecule is CCCCCC(=O)Nc1c(C(=O)Nc2ccc(Cl)cn2)oc2ccc(N)nc12. The van der Waals surface area contributed by atoms with Crippen molar-refractivity contribution in [3.05, 3.63) is 41.2 Å². The summed E-state index contributed by atoms with van der Waals surface area (Å²) in [5, 5.41) is 5.80. The molecule has 8 nitrogen and oxygen atoms in total. The Morgan fingerprint density at radius 2 is 2.00 bits per heavy atom. The number of halogens is 1. The Morgan fingerprint density at radius 3 is 2.71 bits per heavy atom. The number of nitrogens with two attached hydrogens (primary N) is 1. The molecule has 3 aromatic rings. The number of furan rings is 1. The standard InChI is InChI=1S/C19H20ClN5O3/c1-2-3-4-5-15(26)25-17-16-12(7-8-13(21)23-16)28-18(17)19(27)24-14-9-6-11(20)10-22-14/h6-10H,2-5H2,1H3,(H2,21,23)(H,25,26)(H,22,24,27). The van der Waals surface area contributed by atoms with Crippen LogP contribution in [0.3, 0.4) is 0 Å². The summed E-state index contributed by atoms with van der Waals surface area (Å²) in [7, 11) is 0. The number of carbonyl (C=O) groups is 2. The van der Waals surface area contributed by atoms with Crippen LogP contribution in [0.25, 0.3) is 11.1 Å². The summed E-state index contributed by atoms with van der Waals surface area (Å²) in [5.74, 6) is -0.327. The molecule has 3 rings (SSSR count). The molecule has 0 saturated heterocycles. The highest BCUT2D eigenvalue weighted by Crippen LogP contribution is 2.31. The number of nitrogens with zero attached hydrogens (tertiary/aromatic N) is 2. The number of nitrogens with one attached hydrogen (secondary N) is 2. The van der Waals surface area contributed by atoms with Crippen LogP contribution in [0, 0.1) is 0 Å². The van der Waals surface area contributed by atoms with E-state index in [2.05, 4.69) is 27.5 Å². The zero-order chi connectivity index (χ0) is 20.1. The van der Waals surface area contributed by atoms with E-state index in [1.165, 1.54) is 6.20 Å². The smallest absolute Gasteiger partial charge is 0.294 e. The largest absolute Gasteiger partial charge is 0.447 e. The Hall–Kier alpha value is -3.13. The summed E-state index contributed by atoms with van der Waals surface area (Å²) in [4.78, 5) is 33.3. The summed E-state index contributed by atoms with van der Waals surface area (Å²) in [6, 6.07) is 6.31. The van der Waals surface area contributed by atoms with E-state index in [0.717, 1.165) is 19.3 Å². The second-order valence-electron chi connectivity index (χ2n) is 6.21. The number of pyridine rings is 2. The van der Waals surface area contributed by atoms with Gasteiger partial charge in [0, 0.05) is 12.6 Å². The first-order chi connectivity index (χ1) is 13.5. The van der Waals surface area contributed by atoms with Gasteiger partial charge in [0.1, 0.15) is 22.8 Å². The molecule has 0 fully saturated rings. The van der Waals surface area contributed by atoms with E-state index in [1.54, 1.807) is 24.3 Å². The lowest BCUT2D eigenvalue weighted by Gasteiger charge is -2.07. The van der Waals surface area contributed by atoms with E-state index >= 15 is 0 Å². The summed E-state index contributed by atoms with van der Waals surface area (Å²) in [6.07, 6.45) is 4.45. The second-order valence-corrected chi connectivity index (χ2v) is 6.65. The summed E-state index contributed by atoms with van der Waals surface area (Å²) in [6.45, 7) is 2.06. The van der Waals surface area contributed by atoms with Gasteiger partial charge in [0.25, 0.3) is 5.91 Å². The third kappa shape index (κ3) is 4.58. The molecular weight excluding hydrogens is 382 g/mol. The first-order valence-electron chi connectivity index (χ1n) is 8.89. The van der Waals surface area contributed by atoms with Crippen molar-refractivity contribution >= 4 is 51.8 Å². The molecular formula is C19H20ClN5O3. The normalized spacial score (nSPS) is 10.8. The van der Waals surface area contributed by atoms with Gasteiger partial charge in [0.05, 0.1) is 5.02 Å². The van der Waals surface area contributed by atoms with Crippen LogP contribution in [0.15, 0.2) is 34.9 Å². The van der Waals surface area contributed by atoms with E-state index in [0.29, 0.717) is 28.4 Å². The summed E-state index contributed by atoms with van der Waals surface area (Å²) < 4.78 is 5.64. The van der Waals surface area contributed by atoms with Crippen molar-refractivity contribution in [3.63, 3.8) is 0 Å². The molecule has 0 atom stereocenters. The van der Waals surface area contributed by atoms with Gasteiger partial charge in [-0.2, -0.15) is 0 Å². The number of aromatic nitrogens is 2. The fourth-order valence-corrected chi connectivity index (χ4v) is 2.74. The van der Waals surface area contributed by atoms with E-state index in [4.69, 9.17) is 21.8 Å². The minimum atomic E-state index is -0.574. The van der Waals surface area contributed by atoms with Crippen molar-refractivity contribution < 1.29 is 14.0 Å². The van der Waals surface area contributed by atoms with Crippen molar-refractivity contribution in [2.24, 2.45) is 0 Å². The fourth-order valence-electron chi connectivity index (χ4n) is 2.63. The van der Waals surface area contributed by atoms with Gasteiger partial charge < -0.3 is 20.8 Å². The molecule has 0 unspecified atom stereocenters. The topological polar surface area (TPSA) is 123 Å². The van der Waals surface area contributed by atoms with Crippen molar-refractivity contribution in [2.45, 2.75) is 32.6 Å². The first-order valence-corrected chi connectivity index (χ1v) is 9.27. The first kappa shape index (κ1) is 19.6. The maximum absolute atomic E-state index is 12.7. The molecule has 4 N–H and O–H groups in total. The number of carbonyl (C=O) groups excluding carboxylic acids is 2. The molecule has 146 valence electrons. The van der Waals surface area contributed by atoms with Crippen molar-refractivity contribution in [1.29, 1.82) is 0 Å². The molecule has 0 radical (unpaired) electrons. The van der Waals surface area contributed by atoms with Gasteiger partial charge >= 0.3 is 0 Å². The summed E-state index contributed by atoms with van der Waals surface area (Å²) >= 11 is 5.81. The van der Waals surface area contributed by atoms with Gasteiger partial charge in [-0.1, -0.05) is 31.4 Å². The predicted molar refractivity (Wildman–Crippen MR) is 108 cm³/mol. The number of hydrogen-bond acceptors (Lipinski definition) is 6. The highest BCUT2D eigenvalue weighted by Gasteiger charge is 2.24. The van der Waals surface area contributed by atoms with E-state index in [1.807, 2.05) is 0 Å². The highest BCUT2D eigenvalue weighted by molar-refractivity contribution is 6.30. The Labute approximate surface area is 166 Å². The minimum Gasteiger partial charge on any atom is -0.447 e. The van der Waals surface area contributed by atoms with Gasteiger partial charge in [-0.25, -0.2) is 9.97 Å². The van der Waals surface area contributed by atoms with Crippen LogP contribution in [0.1, 0.15) is 43.2 Å². The molecule has 0 spiro atoms. The van der Waals surface area contributed by atoms with Crippen molar-refractivity contribution in [2.75, 3.05) is 16.4 Å². The third-order valence-electron chi connectivity index (χ3n) is 4.00. The van der Waals surface area contributed by atoms with Gasteiger partial charge in [0.2, 0.25) is 11.7 Å². The number of amides is 2. The summed E-state index contributed by atoms with van der Waals surface area (Å²) in [5.41, 5.74) is 6.60. The third-order valence-corrected chi connectivity index (χ3v) is 4.23. The average Bonchev–Trinajstić information content (AvgIpc) is 3.01. The number of hydrogen-bond donors (Lipinski definition) is 3. The molecule has 0 aliphatic rings. The lowest BCUT2D eigenvalue weighted by Crippen LogP contribution is -2.17. The Balaban J connectivity index is 1.90. The lowest BCUT2D eigenvalue weighted by molar-refractivity contribution is -0.116. The molecule has 9 heteroatoms. The lowest BCUT2D eigenvalue weighted by atomic mass is 10.2. The van der Waals surface area contributed by atoms with E-state index in [-0.39, 0.29) is 23.2 Å². The van der Waals surface area contributed by atoms with Crippen LogP contribution in [-0.2, 0) is 4.79 Å². The quantitative estimate of drug-likeness (QED) is 0.509. The molecule has 3 aromatic heterocycles. The number of anilines is 3. The molecule has 0 aliphatic heterocycles. The van der Waals surface area contributed by atoms with Gasteiger partial charge in [-0.15, -0.1) is 0 Å². The van der Waals surface area contributed by atoms with Crippen LogP contribution >= 0.6 is 11.6 Å². The predicted octanol–water partition coefficient (Wildman–Crippen LogP) is 4.23. The van der Waals surface area contributed by atoms with Gasteiger partial charge in [0.15, 0.2) is 5.58 Å². The molecule has 2 amide bonds. The van der Waals surface area contributed by atoms with Gasteiger partial charge in [-0.3, -0.25) is 9.59 Å². The number of fused-ring (bicyclic) bond motifs is 1. The molecule has 28 heavy (non-hydrogen) atoms. The molecule has 0 aliphatic carbocycles. The van der Waals surface area contributed by atoms with Crippen molar-refractivity contribution in [3.8, 4) is 0 Å². The highest BCUT2D eigenvalue weighted by atomic mass is 35.5. The van der Waals surface area contributed by atoms with E-state index in [9.17, 15) is 9.59 Å². The monoisotopic (exact) mass is 401 g/mol. The van der Waals surface area contributed by atoms with Crippen LogP contribution in [0.4, 0.5) is 17.3 Å². The maximum atomic E-state index is 12.7. The Bertz CT molecular complexity index is 1000. The number of rotatable bonds is 7. The zero-order valence-electron chi connectivity index (χ0n) is 15.3. The Morgan fingerprint density at radius 1 is 1.18 bits per heavy atom. The van der Waals surface area contributed by atoms with Crippen molar-refractivity contribution in [1.82, 2.24) is 9.97 Å². The van der Waals surface area contributed by atoms with Crippen LogP contribution in [0.5, 0.6) is 0 Å². The van der Waals surface area contributed by atoms with Crippen LogP contribution in [-0.4, -0.2) is 21.8 Å². The zero-order valence-corrected chi connectivity index (χ0v) is 16.0. The minimum absolute atomic E-state index is 0.0753. The second kappa shape index (κ2) is 8.71. The maximum Gasteiger partial charge on any atom is 0.294 e. The number of unbranched alkanes of at least 4 members (excludes halogenated alkanes) is 2. The van der Waals surface area contributed by atoms with Gasteiger partial charge in [-0.05, 0) is 30.7 Å². The molecule has 0 bridgehead atoms. The molecule has 0 saturated carbocycles. The van der Waals surface area contributed by atoms with Crippen LogP contribution in [0.2, 0.25) is 5.02 Å².